The maximum absolute atomic E-state index is 3.05. The summed E-state index contributed by atoms with van der Waals surface area (Å²) >= 11 is 0. The molecule has 0 spiro atoms. The molecule has 0 saturated heterocycles. The van der Waals surface area contributed by atoms with Crippen LogP contribution in [0.3, 0.4) is 0 Å². The third-order valence-corrected chi connectivity index (χ3v) is 17.2. The minimum atomic E-state index is -3.05. The molecule has 0 bridgehead atoms. The Morgan fingerprint density at radius 1 is 0.404 bits per heavy atom. The lowest BCUT2D eigenvalue weighted by Crippen LogP contribution is -2.72. The Morgan fingerprint density at radius 3 is 1.02 bits per heavy atom. The monoisotopic (exact) mass is 692 g/mol. The van der Waals surface area contributed by atoms with Gasteiger partial charge in [-0.1, -0.05) is 186 Å². The third kappa shape index (κ3) is 6.71. The normalized spacial score (nSPS) is 14.7. The first-order valence-corrected chi connectivity index (χ1v) is 21.0. The second-order valence-corrected chi connectivity index (χ2v) is 18.9. The van der Waals surface area contributed by atoms with Gasteiger partial charge in [-0.3, -0.25) is 0 Å². The first kappa shape index (κ1) is 35.4. The van der Waals surface area contributed by atoms with E-state index in [1.54, 1.807) is 20.8 Å². The molecule has 1 unspecified atom stereocenters. The highest BCUT2D eigenvalue weighted by Gasteiger charge is 2.51. The molecule has 0 radical (unpaired) electrons. The number of rotatable bonds is 10. The van der Waals surface area contributed by atoms with Crippen LogP contribution < -0.4 is 15.6 Å². The molecule has 260 valence electrons. The van der Waals surface area contributed by atoms with Crippen molar-refractivity contribution < 1.29 is 0 Å². The lowest BCUT2D eigenvalue weighted by molar-refractivity contribution is 0.851. The van der Waals surface area contributed by atoms with E-state index in [2.05, 4.69) is 194 Å². The van der Waals surface area contributed by atoms with Gasteiger partial charge >= 0.3 is 0 Å². The Kier molecular flexibility index (Phi) is 10.2. The predicted molar refractivity (Wildman–Crippen MR) is 226 cm³/mol. The summed E-state index contributed by atoms with van der Waals surface area (Å²) in [5, 5.41) is 6.28. The molecule has 0 fully saturated rings. The quantitative estimate of drug-likeness (QED) is 0.0990. The van der Waals surface area contributed by atoms with Gasteiger partial charge in [-0.05, 0) is 121 Å². The molecule has 0 heterocycles. The zero-order valence-electron chi connectivity index (χ0n) is 32.1. The second-order valence-electron chi connectivity index (χ2n) is 15.3. The van der Waals surface area contributed by atoms with Crippen LogP contribution in [0.1, 0.15) is 77.8 Å². The van der Waals surface area contributed by atoms with Crippen molar-refractivity contribution in [1.82, 2.24) is 0 Å². The molecular formula is C51H52Si. The molecule has 6 aromatic carbocycles. The van der Waals surface area contributed by atoms with Gasteiger partial charge in [-0.15, -0.1) is 0 Å². The molecule has 1 atom stereocenters. The number of benzene rings is 6. The van der Waals surface area contributed by atoms with Gasteiger partial charge in [0.05, 0.1) is 0 Å². The summed E-state index contributed by atoms with van der Waals surface area (Å²) in [5.41, 5.74) is 16.8. The van der Waals surface area contributed by atoms with E-state index >= 15 is 0 Å². The van der Waals surface area contributed by atoms with Crippen molar-refractivity contribution in [2.45, 2.75) is 67.7 Å². The lowest BCUT2D eigenvalue weighted by Gasteiger charge is -2.42. The fourth-order valence-corrected chi connectivity index (χ4v) is 15.5. The highest BCUT2D eigenvalue weighted by Crippen LogP contribution is 2.42. The highest BCUT2D eigenvalue weighted by molar-refractivity contribution is 7.17. The summed E-state index contributed by atoms with van der Waals surface area (Å²) < 4.78 is 0. The minimum absolute atomic E-state index is 0.326. The van der Waals surface area contributed by atoms with E-state index < -0.39 is 8.07 Å². The van der Waals surface area contributed by atoms with Gasteiger partial charge in [0.2, 0.25) is 0 Å². The van der Waals surface area contributed by atoms with Crippen LogP contribution in [0.25, 0.3) is 0 Å². The van der Waals surface area contributed by atoms with Gasteiger partial charge in [0.1, 0.15) is 0 Å². The topological polar surface area (TPSA) is 0 Å². The second kappa shape index (κ2) is 14.9. The average molecular weight is 693 g/mol. The molecule has 0 amide bonds. The van der Waals surface area contributed by atoms with Gasteiger partial charge in [0, 0.05) is 0 Å². The molecule has 1 aliphatic rings. The van der Waals surface area contributed by atoms with Crippen LogP contribution in [0, 0.1) is 26.7 Å². The van der Waals surface area contributed by atoms with Crippen LogP contribution in [0.4, 0.5) is 0 Å². The molecule has 0 N–H and O–H groups in total. The van der Waals surface area contributed by atoms with Gasteiger partial charge in [0.15, 0.2) is 8.07 Å². The number of hydrogen-bond donors (Lipinski definition) is 0. The van der Waals surface area contributed by atoms with Crippen LogP contribution >= 0.6 is 0 Å². The highest BCUT2D eigenvalue weighted by atomic mass is 28.3. The minimum Gasteiger partial charge on any atom is -0.0636 e. The largest absolute Gasteiger partial charge is 0.177 e. The van der Waals surface area contributed by atoms with Crippen LogP contribution in [0.2, 0.25) is 0 Å². The molecule has 1 aliphatic carbocycles. The maximum Gasteiger partial charge on any atom is 0.177 e. The summed E-state index contributed by atoms with van der Waals surface area (Å²) in [6.07, 6.45) is 2.70. The van der Waals surface area contributed by atoms with Gasteiger partial charge in [-0.2, -0.15) is 0 Å². The Hall–Kier alpha value is -4.98. The van der Waals surface area contributed by atoms with Gasteiger partial charge in [0.25, 0.3) is 0 Å². The molecular weight excluding hydrogens is 641 g/mol. The van der Waals surface area contributed by atoms with Crippen LogP contribution in [-0.4, -0.2) is 8.07 Å². The molecule has 6 aromatic rings. The zero-order valence-corrected chi connectivity index (χ0v) is 33.1. The Morgan fingerprint density at radius 2 is 0.731 bits per heavy atom. The van der Waals surface area contributed by atoms with Crippen molar-refractivity contribution in [3.05, 3.63) is 218 Å². The first-order chi connectivity index (χ1) is 25.2. The average Bonchev–Trinajstić information content (AvgIpc) is 3.35. The van der Waals surface area contributed by atoms with E-state index in [0.29, 0.717) is 5.92 Å². The molecule has 0 saturated carbocycles. The summed E-state index contributed by atoms with van der Waals surface area (Å²) in [6.45, 7) is 16.6. The fraction of sp³-hybridized carbons (Fsp3) is 0.216. The third-order valence-electron chi connectivity index (χ3n) is 11.8. The summed E-state index contributed by atoms with van der Waals surface area (Å²) in [7, 11) is -3.05. The van der Waals surface area contributed by atoms with E-state index in [-0.39, 0.29) is 0 Å². The lowest BCUT2D eigenvalue weighted by atomic mass is 10.0. The van der Waals surface area contributed by atoms with Gasteiger partial charge < -0.3 is 0 Å². The molecule has 52 heavy (non-hydrogen) atoms. The van der Waals surface area contributed by atoms with Crippen LogP contribution in [-0.2, 0) is 19.3 Å². The fourth-order valence-electron chi connectivity index (χ4n) is 8.87. The van der Waals surface area contributed by atoms with E-state index in [4.69, 9.17) is 0 Å². The zero-order chi connectivity index (χ0) is 36.4. The molecule has 0 nitrogen and oxygen atoms in total. The molecule has 1 heteroatoms. The van der Waals surface area contributed by atoms with Crippen molar-refractivity contribution in [1.29, 1.82) is 0 Å². The van der Waals surface area contributed by atoms with Crippen molar-refractivity contribution in [3.8, 4) is 0 Å². The first-order valence-electron chi connectivity index (χ1n) is 19.0. The summed E-state index contributed by atoms with van der Waals surface area (Å²) in [6, 6.07) is 55.5. The van der Waals surface area contributed by atoms with Crippen LogP contribution in [0.5, 0.6) is 0 Å². The number of allylic oxidation sites excluding steroid dienone is 4. The standard InChI is InChI=1S/C51H52Si/c1-35-23-26-45(32-42-17-11-8-12-18-42)48(29-35)52(51-40(6)38(4)39(5)41(51)7,49-30-36(2)24-27-46(49)33-43-19-13-9-14-20-43)50-31-37(3)25-28-47(50)34-44-21-15-10-16-22-44/h8-31,40H,32-34H2,1-7H3. The van der Waals surface area contributed by atoms with E-state index in [1.165, 1.54) is 66.8 Å². The number of aryl methyl sites for hydroxylation is 3. The van der Waals surface area contributed by atoms with Crippen LogP contribution in [0.15, 0.2) is 168 Å². The summed E-state index contributed by atoms with van der Waals surface area (Å²) in [5.74, 6) is 0.326. The Balaban J connectivity index is 1.68. The van der Waals surface area contributed by atoms with Gasteiger partial charge in [-0.25, -0.2) is 0 Å². The van der Waals surface area contributed by atoms with E-state index in [1.807, 2.05) is 0 Å². The van der Waals surface area contributed by atoms with Crippen molar-refractivity contribution in [3.63, 3.8) is 0 Å². The predicted octanol–water partition coefficient (Wildman–Crippen LogP) is 10.7. The van der Waals surface area contributed by atoms with Crippen molar-refractivity contribution >= 4 is 23.6 Å². The van der Waals surface area contributed by atoms with E-state index in [0.717, 1.165) is 19.3 Å². The molecule has 0 aromatic heterocycles. The summed E-state index contributed by atoms with van der Waals surface area (Å²) in [4.78, 5) is 0. The maximum atomic E-state index is 2.60. The SMILES string of the molecule is CC1=C(C)C(C)C([Si](c2cc(C)ccc2Cc2ccccc2)(c2cc(C)ccc2Cc2ccccc2)c2cc(C)ccc2Cc2ccccc2)=C1C. The Bertz CT molecular complexity index is 2050. The smallest absolute Gasteiger partial charge is 0.0636 e. The van der Waals surface area contributed by atoms with Crippen molar-refractivity contribution in [2.75, 3.05) is 0 Å². The Labute approximate surface area is 313 Å². The molecule has 0 aliphatic heterocycles. The van der Waals surface area contributed by atoms with Crippen molar-refractivity contribution in [2.24, 2.45) is 5.92 Å². The van der Waals surface area contributed by atoms with E-state index in [9.17, 15) is 0 Å². The molecule has 7 rings (SSSR count). The number of hydrogen-bond acceptors (Lipinski definition) is 0.